The van der Waals surface area contributed by atoms with Crippen molar-refractivity contribution in [2.45, 2.75) is 40.0 Å². The van der Waals surface area contributed by atoms with Gasteiger partial charge in [0.15, 0.2) is 0 Å². The number of nitrogens with zero attached hydrogens (tertiary/aromatic N) is 1. The molecule has 0 spiro atoms. The first-order chi connectivity index (χ1) is 11.5. The summed E-state index contributed by atoms with van der Waals surface area (Å²) in [6.07, 6.45) is 23.5. The van der Waals surface area contributed by atoms with Gasteiger partial charge in [0.2, 0.25) is 0 Å². The third-order valence-electron chi connectivity index (χ3n) is 5.37. The molecule has 0 saturated carbocycles. The molecule has 3 rings (SSSR count). The first-order valence-corrected chi connectivity index (χ1v) is 9.02. The van der Waals surface area contributed by atoms with Crippen LogP contribution in [0.15, 0.2) is 71.4 Å². The molecule has 1 heteroatoms. The Bertz CT molecular complexity index is 710. The summed E-state index contributed by atoms with van der Waals surface area (Å²) in [4.78, 5) is 0. The van der Waals surface area contributed by atoms with Crippen molar-refractivity contribution in [3.8, 4) is 6.07 Å². The van der Waals surface area contributed by atoms with E-state index in [-0.39, 0.29) is 5.92 Å². The second-order valence-corrected chi connectivity index (χ2v) is 8.12. The van der Waals surface area contributed by atoms with Crippen molar-refractivity contribution in [3.63, 3.8) is 0 Å². The van der Waals surface area contributed by atoms with Crippen molar-refractivity contribution in [3.05, 3.63) is 71.4 Å². The van der Waals surface area contributed by atoms with Crippen molar-refractivity contribution >= 4 is 0 Å². The lowest BCUT2D eigenvalue weighted by Gasteiger charge is -2.31. The summed E-state index contributed by atoms with van der Waals surface area (Å²) in [5.74, 6) is 1.19. The van der Waals surface area contributed by atoms with Gasteiger partial charge in [0.1, 0.15) is 0 Å². The van der Waals surface area contributed by atoms with Gasteiger partial charge in [-0.3, -0.25) is 0 Å². The maximum absolute atomic E-state index is 8.96. The number of rotatable bonds is 2. The Morgan fingerprint density at radius 2 is 1.58 bits per heavy atom. The Kier molecular flexibility index (Phi) is 4.76. The van der Waals surface area contributed by atoms with Crippen LogP contribution in [0.5, 0.6) is 0 Å². The van der Waals surface area contributed by atoms with Gasteiger partial charge in [-0.2, -0.15) is 5.26 Å². The summed E-state index contributed by atoms with van der Waals surface area (Å²) in [6, 6.07) is 2.31. The van der Waals surface area contributed by atoms with E-state index in [2.05, 4.69) is 75.4 Å². The lowest BCUT2D eigenvalue weighted by Crippen LogP contribution is -2.20. The second kappa shape index (κ2) is 6.81. The topological polar surface area (TPSA) is 23.8 Å². The Hall–Kier alpha value is -2.07. The Morgan fingerprint density at radius 3 is 2.04 bits per heavy atom. The van der Waals surface area contributed by atoms with Gasteiger partial charge in [0, 0.05) is 5.92 Å². The van der Waals surface area contributed by atoms with Gasteiger partial charge >= 0.3 is 0 Å². The quantitative estimate of drug-likeness (QED) is 0.607. The van der Waals surface area contributed by atoms with Gasteiger partial charge < -0.3 is 0 Å². The van der Waals surface area contributed by atoms with Crippen LogP contribution in [0.25, 0.3) is 0 Å². The monoisotopic (exact) mass is 317 g/mol. The molecule has 0 fully saturated rings. The molecular weight excluding hydrogens is 290 g/mol. The average Bonchev–Trinajstić information content (AvgIpc) is 2.61. The van der Waals surface area contributed by atoms with E-state index in [0.717, 1.165) is 19.3 Å². The van der Waals surface area contributed by atoms with E-state index in [4.69, 9.17) is 5.26 Å². The summed E-state index contributed by atoms with van der Waals surface area (Å²) in [5.41, 5.74) is 4.36. The molecule has 0 amide bonds. The van der Waals surface area contributed by atoms with Gasteiger partial charge in [0.25, 0.3) is 0 Å². The van der Waals surface area contributed by atoms with Gasteiger partial charge in [-0.25, -0.2) is 0 Å². The Balaban J connectivity index is 1.62. The molecule has 0 aromatic rings. The van der Waals surface area contributed by atoms with E-state index in [9.17, 15) is 0 Å². The molecule has 3 aliphatic rings. The predicted octanol–water partition coefficient (Wildman–Crippen LogP) is 6.06. The summed E-state index contributed by atoms with van der Waals surface area (Å²) in [7, 11) is 0. The summed E-state index contributed by atoms with van der Waals surface area (Å²) in [5, 5.41) is 8.96. The van der Waals surface area contributed by atoms with E-state index >= 15 is 0 Å². The first kappa shape index (κ1) is 16.8. The third kappa shape index (κ3) is 3.70. The van der Waals surface area contributed by atoms with E-state index < -0.39 is 0 Å². The fourth-order valence-corrected chi connectivity index (χ4v) is 3.57. The highest BCUT2D eigenvalue weighted by atomic mass is 14.3. The largest absolute Gasteiger partial charge is 0.198 e. The van der Waals surface area contributed by atoms with Gasteiger partial charge in [0.05, 0.1) is 12.0 Å². The predicted molar refractivity (Wildman–Crippen MR) is 101 cm³/mol. The third-order valence-corrected chi connectivity index (χ3v) is 5.37. The van der Waals surface area contributed by atoms with Crippen molar-refractivity contribution in [2.75, 3.05) is 0 Å². The van der Waals surface area contributed by atoms with E-state index in [1.54, 1.807) is 0 Å². The second-order valence-electron chi connectivity index (χ2n) is 8.12. The summed E-state index contributed by atoms with van der Waals surface area (Å²) >= 11 is 0. The number of allylic oxidation sites excluding steroid dienone is 12. The lowest BCUT2D eigenvalue weighted by molar-refractivity contribution is 0.292. The molecule has 124 valence electrons. The van der Waals surface area contributed by atoms with Crippen molar-refractivity contribution in [1.29, 1.82) is 5.26 Å². The van der Waals surface area contributed by atoms with Gasteiger partial charge in [-0.15, -0.1) is 0 Å². The number of hydrogen-bond donors (Lipinski definition) is 0. The van der Waals surface area contributed by atoms with Crippen LogP contribution in [0.1, 0.15) is 40.0 Å². The maximum atomic E-state index is 8.96. The number of hydrogen-bond acceptors (Lipinski definition) is 1. The molecule has 0 aromatic heterocycles. The SMILES string of the molecule is CC(C)(C)C1C=CC(C2C=CC(C3=CCC(C#N)C=C3)=CC2)=CC1. The maximum Gasteiger partial charge on any atom is 0.0700 e. The van der Waals surface area contributed by atoms with Crippen LogP contribution < -0.4 is 0 Å². The Labute approximate surface area is 146 Å². The number of nitriles is 1. The molecule has 1 nitrogen and oxygen atoms in total. The van der Waals surface area contributed by atoms with Crippen LogP contribution >= 0.6 is 0 Å². The highest BCUT2D eigenvalue weighted by Gasteiger charge is 2.24. The van der Waals surface area contributed by atoms with Crippen LogP contribution in [0, 0.1) is 34.5 Å². The zero-order valence-electron chi connectivity index (χ0n) is 15.0. The van der Waals surface area contributed by atoms with Crippen molar-refractivity contribution < 1.29 is 0 Å². The molecule has 0 aliphatic heterocycles. The molecule has 3 atom stereocenters. The molecule has 0 saturated heterocycles. The minimum atomic E-state index is 0.0444. The standard InChI is InChI=1S/C23H27N/c1-23(2,3)22-14-12-21(13-15-22)20-10-8-19(9-11-20)18-6-4-17(16-24)5-7-18/h4,6-10,12-14,17,20,22H,5,11,15H2,1-3H3. The molecule has 0 radical (unpaired) electrons. The van der Waals surface area contributed by atoms with Crippen LogP contribution in [-0.2, 0) is 0 Å². The van der Waals surface area contributed by atoms with Gasteiger partial charge in [-0.1, -0.05) is 75.5 Å². The fourth-order valence-electron chi connectivity index (χ4n) is 3.57. The van der Waals surface area contributed by atoms with Crippen LogP contribution in [-0.4, -0.2) is 0 Å². The highest BCUT2D eigenvalue weighted by Crippen LogP contribution is 2.36. The summed E-state index contributed by atoms with van der Waals surface area (Å²) in [6.45, 7) is 6.95. The highest BCUT2D eigenvalue weighted by molar-refractivity contribution is 5.50. The minimum absolute atomic E-state index is 0.0444. The van der Waals surface area contributed by atoms with Crippen LogP contribution in [0.3, 0.4) is 0 Å². The summed E-state index contributed by atoms with van der Waals surface area (Å²) < 4.78 is 0. The Morgan fingerprint density at radius 1 is 0.875 bits per heavy atom. The molecule has 0 bridgehead atoms. The molecule has 3 aliphatic carbocycles. The molecule has 3 unspecified atom stereocenters. The smallest absolute Gasteiger partial charge is 0.0700 e. The average molecular weight is 317 g/mol. The molecule has 0 aromatic carbocycles. The first-order valence-electron chi connectivity index (χ1n) is 9.02. The molecule has 24 heavy (non-hydrogen) atoms. The van der Waals surface area contributed by atoms with Crippen LogP contribution in [0.2, 0.25) is 0 Å². The molecular formula is C23H27N. The lowest BCUT2D eigenvalue weighted by atomic mass is 9.74. The van der Waals surface area contributed by atoms with E-state index in [0.29, 0.717) is 17.3 Å². The normalized spacial score (nSPS) is 29.6. The zero-order valence-corrected chi connectivity index (χ0v) is 15.0. The van der Waals surface area contributed by atoms with Crippen LogP contribution in [0.4, 0.5) is 0 Å². The molecule has 0 N–H and O–H groups in total. The minimum Gasteiger partial charge on any atom is -0.198 e. The van der Waals surface area contributed by atoms with Crippen molar-refractivity contribution in [2.24, 2.45) is 23.2 Å². The van der Waals surface area contributed by atoms with E-state index in [1.807, 2.05) is 6.08 Å². The zero-order chi connectivity index (χ0) is 17.2. The van der Waals surface area contributed by atoms with Gasteiger partial charge in [-0.05, 0) is 47.3 Å². The molecule has 0 heterocycles. The van der Waals surface area contributed by atoms with E-state index in [1.165, 1.54) is 16.7 Å². The fraction of sp³-hybridized carbons (Fsp3) is 0.435. The van der Waals surface area contributed by atoms with Crippen molar-refractivity contribution in [1.82, 2.24) is 0 Å².